The van der Waals surface area contributed by atoms with Crippen LogP contribution < -0.4 is 16.2 Å². The van der Waals surface area contributed by atoms with Gasteiger partial charge in [-0.15, -0.1) is 0 Å². The van der Waals surface area contributed by atoms with E-state index in [1.165, 1.54) is 5.56 Å². The van der Waals surface area contributed by atoms with Gasteiger partial charge in [-0.1, -0.05) is 17.7 Å². The molecular formula is C16H16ClN5O. The number of nitrogens with two attached hydrogens (primary N) is 2. The van der Waals surface area contributed by atoms with Crippen LogP contribution in [-0.4, -0.2) is 23.3 Å². The summed E-state index contributed by atoms with van der Waals surface area (Å²) >= 11 is 6.40. The Balaban J connectivity index is 2.00. The summed E-state index contributed by atoms with van der Waals surface area (Å²) in [6.07, 6.45) is 3.35. The molecule has 0 spiro atoms. The number of methoxy groups -OCH3 is 1. The van der Waals surface area contributed by atoms with Crippen LogP contribution >= 0.6 is 11.6 Å². The highest BCUT2D eigenvalue weighted by atomic mass is 35.5. The van der Waals surface area contributed by atoms with Crippen molar-refractivity contribution in [2.45, 2.75) is 12.8 Å². The first-order valence-electron chi connectivity index (χ1n) is 7.07. The molecule has 2 aromatic rings. The van der Waals surface area contributed by atoms with Crippen molar-refractivity contribution < 1.29 is 4.74 Å². The first kappa shape index (κ1) is 15.3. The number of rotatable bonds is 3. The number of anilines is 2. The highest BCUT2D eigenvalue weighted by molar-refractivity contribution is 6.37. The van der Waals surface area contributed by atoms with E-state index in [1.807, 2.05) is 18.2 Å². The summed E-state index contributed by atoms with van der Waals surface area (Å²) in [7, 11) is 1.63. The van der Waals surface area contributed by atoms with Gasteiger partial charge in [0.1, 0.15) is 11.6 Å². The molecule has 118 valence electrons. The molecule has 3 rings (SSSR count). The summed E-state index contributed by atoms with van der Waals surface area (Å²) < 4.78 is 5.29. The molecule has 1 aromatic carbocycles. The Labute approximate surface area is 138 Å². The lowest BCUT2D eigenvalue weighted by Gasteiger charge is -2.18. The number of nitrogen functional groups attached to an aromatic ring is 2. The Morgan fingerprint density at radius 2 is 2.04 bits per heavy atom. The molecule has 1 aliphatic carbocycles. The number of hydrogen-bond acceptors (Lipinski definition) is 6. The van der Waals surface area contributed by atoms with Gasteiger partial charge in [0.15, 0.2) is 5.82 Å². The van der Waals surface area contributed by atoms with Crippen molar-refractivity contribution in [3.05, 3.63) is 40.4 Å². The van der Waals surface area contributed by atoms with Gasteiger partial charge in [-0.05, 0) is 36.1 Å². The standard InChI is InChI=1S/C16H16ClN5O/c1-23-10-4-2-9-3-5-13(17)12(11(9)6-10)8-20-15-7-14(18)21-16(19)22-15/h2,4,6-8H,3,5H2,1H3,(H4,18,19,21,22). The molecule has 7 heteroatoms. The van der Waals surface area contributed by atoms with Crippen LogP contribution in [0.2, 0.25) is 0 Å². The summed E-state index contributed by atoms with van der Waals surface area (Å²) in [6.45, 7) is 0. The molecule has 0 amide bonds. The van der Waals surface area contributed by atoms with Gasteiger partial charge in [0.25, 0.3) is 0 Å². The third kappa shape index (κ3) is 3.27. The Kier molecular flexibility index (Phi) is 4.16. The van der Waals surface area contributed by atoms with Crippen molar-refractivity contribution >= 4 is 41.0 Å². The Bertz CT molecular complexity index is 796. The fourth-order valence-electron chi connectivity index (χ4n) is 2.48. The predicted octanol–water partition coefficient (Wildman–Crippen LogP) is 2.95. The smallest absolute Gasteiger partial charge is 0.224 e. The minimum atomic E-state index is 0.0861. The maximum atomic E-state index is 6.40. The highest BCUT2D eigenvalue weighted by Crippen LogP contribution is 2.34. The molecule has 1 aromatic heterocycles. The molecule has 0 unspecified atom stereocenters. The summed E-state index contributed by atoms with van der Waals surface area (Å²) in [5.74, 6) is 1.52. The number of hydrogen-bond donors (Lipinski definition) is 2. The van der Waals surface area contributed by atoms with Crippen LogP contribution in [0.1, 0.15) is 17.5 Å². The lowest BCUT2D eigenvalue weighted by atomic mass is 9.91. The van der Waals surface area contributed by atoms with E-state index in [-0.39, 0.29) is 11.8 Å². The lowest BCUT2D eigenvalue weighted by molar-refractivity contribution is 0.414. The SMILES string of the molecule is COc1ccc2c(c1)C(C=Nc1cc(N)nc(N)n1)=C(Cl)CC2. The number of halogens is 1. The van der Waals surface area contributed by atoms with Gasteiger partial charge in [0, 0.05) is 22.9 Å². The lowest BCUT2D eigenvalue weighted by Crippen LogP contribution is -2.04. The Hall–Kier alpha value is -2.60. The fourth-order valence-corrected chi connectivity index (χ4v) is 2.73. The van der Waals surface area contributed by atoms with Crippen molar-refractivity contribution in [1.29, 1.82) is 0 Å². The van der Waals surface area contributed by atoms with Gasteiger partial charge in [0.05, 0.1) is 7.11 Å². The predicted molar refractivity (Wildman–Crippen MR) is 93.1 cm³/mol. The molecular weight excluding hydrogens is 314 g/mol. The van der Waals surface area contributed by atoms with Crippen LogP contribution in [-0.2, 0) is 6.42 Å². The third-order valence-corrected chi connectivity index (χ3v) is 3.98. The molecule has 0 atom stereocenters. The summed E-state index contributed by atoms with van der Waals surface area (Å²) in [5, 5.41) is 0.754. The second-order valence-corrected chi connectivity index (χ2v) is 5.57. The first-order valence-corrected chi connectivity index (χ1v) is 7.44. The normalized spacial score (nSPS) is 14.2. The van der Waals surface area contributed by atoms with Crippen LogP contribution in [0, 0.1) is 0 Å². The van der Waals surface area contributed by atoms with Gasteiger partial charge in [-0.2, -0.15) is 9.97 Å². The van der Waals surface area contributed by atoms with Crippen molar-refractivity contribution in [2.75, 3.05) is 18.6 Å². The molecule has 0 aliphatic heterocycles. The molecule has 1 aliphatic rings. The van der Waals surface area contributed by atoms with E-state index in [2.05, 4.69) is 15.0 Å². The van der Waals surface area contributed by atoms with Crippen LogP contribution in [0.4, 0.5) is 17.6 Å². The van der Waals surface area contributed by atoms with Gasteiger partial charge in [-0.25, -0.2) is 4.99 Å². The van der Waals surface area contributed by atoms with Gasteiger partial charge >= 0.3 is 0 Å². The van der Waals surface area contributed by atoms with E-state index in [4.69, 9.17) is 27.8 Å². The number of fused-ring (bicyclic) bond motifs is 1. The largest absolute Gasteiger partial charge is 0.497 e. The van der Waals surface area contributed by atoms with Gasteiger partial charge < -0.3 is 16.2 Å². The second-order valence-electron chi connectivity index (χ2n) is 5.11. The highest BCUT2D eigenvalue weighted by Gasteiger charge is 2.17. The van der Waals surface area contributed by atoms with Crippen LogP contribution in [0.3, 0.4) is 0 Å². The monoisotopic (exact) mass is 329 g/mol. The summed E-state index contributed by atoms with van der Waals surface area (Å²) in [4.78, 5) is 12.2. The van der Waals surface area contributed by atoms with Crippen LogP contribution in [0.5, 0.6) is 5.75 Å². The number of nitrogens with zero attached hydrogens (tertiary/aromatic N) is 3. The topological polar surface area (TPSA) is 99.4 Å². The minimum Gasteiger partial charge on any atom is -0.497 e. The number of aryl methyl sites for hydroxylation is 1. The van der Waals surface area contributed by atoms with Crippen LogP contribution in [0.15, 0.2) is 34.3 Å². The second kappa shape index (κ2) is 6.26. The zero-order valence-corrected chi connectivity index (χ0v) is 13.3. The first-order chi connectivity index (χ1) is 11.1. The van der Waals surface area contributed by atoms with Crippen molar-refractivity contribution in [3.8, 4) is 5.75 Å². The van der Waals surface area contributed by atoms with Crippen molar-refractivity contribution in [1.82, 2.24) is 9.97 Å². The van der Waals surface area contributed by atoms with Crippen molar-refractivity contribution in [2.24, 2.45) is 4.99 Å². The van der Waals surface area contributed by atoms with Gasteiger partial charge in [0.2, 0.25) is 5.95 Å². The molecule has 0 saturated heterocycles. The van der Waals surface area contributed by atoms with E-state index in [1.54, 1.807) is 19.4 Å². The van der Waals surface area contributed by atoms with E-state index in [9.17, 15) is 0 Å². The molecule has 0 saturated carbocycles. The number of aliphatic imine (C=N–C) groups is 1. The third-order valence-electron chi connectivity index (χ3n) is 3.59. The molecule has 0 fully saturated rings. The van der Waals surface area contributed by atoms with Gasteiger partial charge in [-0.3, -0.25) is 0 Å². The minimum absolute atomic E-state index is 0.0861. The quantitative estimate of drug-likeness (QED) is 0.843. The molecule has 0 radical (unpaired) electrons. The van der Waals surface area contributed by atoms with E-state index < -0.39 is 0 Å². The summed E-state index contributed by atoms with van der Waals surface area (Å²) in [6, 6.07) is 7.50. The molecule has 23 heavy (non-hydrogen) atoms. The van der Waals surface area contributed by atoms with E-state index in [0.29, 0.717) is 5.82 Å². The molecule has 0 bridgehead atoms. The fraction of sp³-hybridized carbons (Fsp3) is 0.188. The molecule has 6 nitrogen and oxygen atoms in total. The summed E-state index contributed by atoms with van der Waals surface area (Å²) in [5.41, 5.74) is 14.3. The average molecular weight is 330 g/mol. The molecule has 1 heterocycles. The Morgan fingerprint density at radius 3 is 2.78 bits per heavy atom. The van der Waals surface area contributed by atoms with Crippen molar-refractivity contribution in [3.63, 3.8) is 0 Å². The number of ether oxygens (including phenoxy) is 1. The molecule has 4 N–H and O–H groups in total. The van der Waals surface area contributed by atoms with E-state index in [0.717, 1.165) is 34.8 Å². The zero-order valence-electron chi connectivity index (χ0n) is 12.6. The maximum Gasteiger partial charge on any atom is 0.224 e. The average Bonchev–Trinajstić information content (AvgIpc) is 2.52. The number of allylic oxidation sites excluding steroid dienone is 2. The maximum absolute atomic E-state index is 6.40. The van der Waals surface area contributed by atoms with E-state index >= 15 is 0 Å². The van der Waals surface area contributed by atoms with Crippen LogP contribution in [0.25, 0.3) is 5.57 Å². The number of aromatic nitrogens is 2. The Morgan fingerprint density at radius 1 is 1.22 bits per heavy atom. The number of benzene rings is 1. The zero-order chi connectivity index (χ0) is 16.4.